The summed E-state index contributed by atoms with van der Waals surface area (Å²) in [5, 5.41) is 0.561. The highest BCUT2D eigenvalue weighted by Gasteiger charge is 2.23. The van der Waals surface area contributed by atoms with Crippen molar-refractivity contribution in [3.63, 3.8) is 0 Å². The molecular formula is C18H14ClN3O2S. The fourth-order valence-electron chi connectivity index (χ4n) is 2.85. The molecule has 0 atom stereocenters. The quantitative estimate of drug-likeness (QED) is 0.719. The first kappa shape index (κ1) is 16.1. The summed E-state index contributed by atoms with van der Waals surface area (Å²) in [6.45, 7) is 0.213. The second-order valence-electron chi connectivity index (χ2n) is 5.71. The van der Waals surface area contributed by atoms with Gasteiger partial charge in [-0.25, -0.2) is 0 Å². The van der Waals surface area contributed by atoms with E-state index in [1.165, 1.54) is 0 Å². The Morgan fingerprint density at radius 3 is 2.48 bits per heavy atom. The highest BCUT2D eigenvalue weighted by atomic mass is 35.5. The number of rotatable bonds is 2. The van der Waals surface area contributed by atoms with Crippen LogP contribution >= 0.6 is 11.6 Å². The van der Waals surface area contributed by atoms with Crippen LogP contribution < -0.4 is 9.44 Å². The highest BCUT2D eigenvalue weighted by Crippen LogP contribution is 2.37. The SMILES string of the molecule is O=S1(=O)NCc2cc(Cl)cc(-c3ccc(-c4ccccn4)cc3)c2N1. The summed E-state index contributed by atoms with van der Waals surface area (Å²) in [6, 6.07) is 17.1. The lowest BCUT2D eigenvalue weighted by molar-refractivity contribution is 0.584. The molecule has 2 heterocycles. The van der Waals surface area contributed by atoms with Gasteiger partial charge in [-0.3, -0.25) is 9.71 Å². The minimum Gasteiger partial charge on any atom is -0.270 e. The molecule has 0 aliphatic carbocycles. The van der Waals surface area contributed by atoms with Crippen LogP contribution in [0.25, 0.3) is 22.4 Å². The van der Waals surface area contributed by atoms with Gasteiger partial charge in [-0.15, -0.1) is 0 Å². The lowest BCUT2D eigenvalue weighted by Crippen LogP contribution is -2.34. The van der Waals surface area contributed by atoms with Crippen LogP contribution in [0.15, 0.2) is 60.8 Å². The first-order valence-corrected chi connectivity index (χ1v) is 9.50. The maximum Gasteiger partial charge on any atom is 0.299 e. The van der Waals surface area contributed by atoms with E-state index in [9.17, 15) is 8.42 Å². The number of halogens is 1. The van der Waals surface area contributed by atoms with E-state index in [0.29, 0.717) is 10.7 Å². The lowest BCUT2D eigenvalue weighted by atomic mass is 9.98. The second-order valence-corrected chi connectivity index (χ2v) is 7.64. The fraction of sp³-hybridized carbons (Fsp3) is 0.0556. The zero-order chi connectivity index (χ0) is 17.4. The largest absolute Gasteiger partial charge is 0.299 e. The number of benzene rings is 2. The molecule has 1 aliphatic rings. The van der Waals surface area contributed by atoms with Gasteiger partial charge in [0.1, 0.15) is 0 Å². The van der Waals surface area contributed by atoms with E-state index in [1.807, 2.05) is 42.5 Å². The van der Waals surface area contributed by atoms with E-state index in [4.69, 9.17) is 11.6 Å². The predicted molar refractivity (Wildman–Crippen MR) is 99.5 cm³/mol. The van der Waals surface area contributed by atoms with Gasteiger partial charge in [0.05, 0.1) is 11.4 Å². The Balaban J connectivity index is 1.79. The molecule has 7 heteroatoms. The van der Waals surface area contributed by atoms with Crippen molar-refractivity contribution in [2.75, 3.05) is 4.72 Å². The standard InChI is InChI=1S/C18H14ClN3O2S/c19-15-9-14-11-21-25(23,24)22-18(14)16(10-15)12-4-6-13(7-5-12)17-3-1-2-8-20-17/h1-10,21-22H,11H2. The van der Waals surface area contributed by atoms with Gasteiger partial charge in [-0.2, -0.15) is 13.1 Å². The Labute approximate surface area is 150 Å². The van der Waals surface area contributed by atoms with Gasteiger partial charge >= 0.3 is 0 Å². The Kier molecular flexibility index (Phi) is 3.95. The molecule has 4 rings (SSSR count). The molecule has 3 aromatic rings. The number of aromatic nitrogens is 1. The second kappa shape index (κ2) is 6.15. The van der Waals surface area contributed by atoms with Crippen molar-refractivity contribution in [1.82, 2.24) is 9.71 Å². The predicted octanol–water partition coefficient (Wildman–Crippen LogP) is 3.83. The molecule has 1 aliphatic heterocycles. The maximum atomic E-state index is 11.9. The highest BCUT2D eigenvalue weighted by molar-refractivity contribution is 7.90. The topological polar surface area (TPSA) is 71.1 Å². The molecule has 0 spiro atoms. The van der Waals surface area contributed by atoms with Gasteiger partial charge in [-0.1, -0.05) is 41.9 Å². The smallest absolute Gasteiger partial charge is 0.270 e. The Morgan fingerprint density at radius 2 is 1.76 bits per heavy atom. The van der Waals surface area contributed by atoms with Crippen molar-refractivity contribution in [1.29, 1.82) is 0 Å². The number of nitrogens with one attached hydrogen (secondary N) is 2. The molecule has 0 saturated heterocycles. The van der Waals surface area contributed by atoms with Gasteiger partial charge in [0.2, 0.25) is 0 Å². The average molecular weight is 372 g/mol. The van der Waals surface area contributed by atoms with Crippen LogP contribution in [0.4, 0.5) is 5.69 Å². The van der Waals surface area contributed by atoms with E-state index in [-0.39, 0.29) is 6.54 Å². The fourth-order valence-corrected chi connectivity index (χ4v) is 4.02. The molecule has 25 heavy (non-hydrogen) atoms. The molecule has 0 amide bonds. The monoisotopic (exact) mass is 371 g/mol. The summed E-state index contributed by atoms with van der Waals surface area (Å²) in [4.78, 5) is 4.33. The van der Waals surface area contributed by atoms with Gasteiger partial charge in [0.15, 0.2) is 0 Å². The van der Waals surface area contributed by atoms with Crippen molar-refractivity contribution >= 4 is 27.5 Å². The zero-order valence-electron chi connectivity index (χ0n) is 13.0. The van der Waals surface area contributed by atoms with Crippen molar-refractivity contribution in [3.8, 4) is 22.4 Å². The van der Waals surface area contributed by atoms with Crippen molar-refractivity contribution in [2.24, 2.45) is 0 Å². The minimum atomic E-state index is -3.54. The third-order valence-electron chi connectivity index (χ3n) is 4.03. The van der Waals surface area contributed by atoms with E-state index in [1.54, 1.807) is 18.3 Å². The lowest BCUT2D eigenvalue weighted by Gasteiger charge is -2.22. The van der Waals surface area contributed by atoms with E-state index in [0.717, 1.165) is 27.9 Å². The van der Waals surface area contributed by atoms with Crippen LogP contribution in [0.2, 0.25) is 5.02 Å². The molecule has 126 valence electrons. The van der Waals surface area contributed by atoms with E-state index in [2.05, 4.69) is 14.4 Å². The molecule has 0 bridgehead atoms. The van der Waals surface area contributed by atoms with E-state index >= 15 is 0 Å². The first-order chi connectivity index (χ1) is 12.0. The third kappa shape index (κ3) is 3.24. The maximum absolute atomic E-state index is 11.9. The summed E-state index contributed by atoms with van der Waals surface area (Å²) in [7, 11) is -3.54. The number of fused-ring (bicyclic) bond motifs is 1. The number of hydrogen-bond donors (Lipinski definition) is 2. The number of hydrogen-bond acceptors (Lipinski definition) is 3. The van der Waals surface area contributed by atoms with Gasteiger partial charge in [-0.05, 0) is 35.4 Å². The van der Waals surface area contributed by atoms with Gasteiger partial charge in [0.25, 0.3) is 10.2 Å². The zero-order valence-corrected chi connectivity index (χ0v) is 14.6. The third-order valence-corrected chi connectivity index (χ3v) is 5.25. The van der Waals surface area contributed by atoms with Crippen LogP contribution in [0.3, 0.4) is 0 Å². The Hall–Kier alpha value is -2.41. The van der Waals surface area contributed by atoms with E-state index < -0.39 is 10.2 Å². The Morgan fingerprint density at radius 1 is 1.00 bits per heavy atom. The number of anilines is 1. The van der Waals surface area contributed by atoms with Crippen LogP contribution in [0, 0.1) is 0 Å². The Bertz CT molecular complexity index is 1040. The molecule has 5 nitrogen and oxygen atoms in total. The summed E-state index contributed by atoms with van der Waals surface area (Å²) in [6.07, 6.45) is 1.75. The summed E-state index contributed by atoms with van der Waals surface area (Å²) >= 11 is 6.21. The van der Waals surface area contributed by atoms with Crippen molar-refractivity contribution in [2.45, 2.75) is 6.54 Å². The molecule has 2 N–H and O–H groups in total. The van der Waals surface area contributed by atoms with Crippen LogP contribution in [0.1, 0.15) is 5.56 Å². The molecule has 0 unspecified atom stereocenters. The minimum absolute atomic E-state index is 0.213. The average Bonchev–Trinajstić information content (AvgIpc) is 2.62. The van der Waals surface area contributed by atoms with Crippen LogP contribution in [0.5, 0.6) is 0 Å². The summed E-state index contributed by atoms with van der Waals surface area (Å²) in [5.74, 6) is 0. The van der Waals surface area contributed by atoms with Crippen LogP contribution in [-0.4, -0.2) is 13.4 Å². The van der Waals surface area contributed by atoms with Gasteiger partial charge < -0.3 is 0 Å². The molecule has 0 fully saturated rings. The molecular weight excluding hydrogens is 358 g/mol. The normalized spacial score (nSPS) is 15.2. The number of pyridine rings is 1. The van der Waals surface area contributed by atoms with Crippen molar-refractivity contribution < 1.29 is 8.42 Å². The van der Waals surface area contributed by atoms with Crippen molar-refractivity contribution in [3.05, 3.63) is 71.4 Å². The molecule has 2 aromatic carbocycles. The van der Waals surface area contributed by atoms with Gasteiger partial charge in [0, 0.05) is 28.9 Å². The molecule has 1 aromatic heterocycles. The molecule has 0 saturated carbocycles. The molecule has 0 radical (unpaired) electrons. The van der Waals surface area contributed by atoms with Crippen LogP contribution in [-0.2, 0) is 16.8 Å². The summed E-state index contributed by atoms with van der Waals surface area (Å²) in [5.41, 5.74) is 4.87. The summed E-state index contributed by atoms with van der Waals surface area (Å²) < 4.78 is 28.7. The first-order valence-electron chi connectivity index (χ1n) is 7.63. The number of nitrogens with zero attached hydrogens (tertiary/aromatic N) is 1.